The fraction of sp³-hybridized carbons (Fsp3) is 0.909. The van der Waals surface area contributed by atoms with Crippen molar-refractivity contribution in [2.45, 2.75) is 26.7 Å². The van der Waals surface area contributed by atoms with E-state index in [1.165, 1.54) is 6.42 Å². The van der Waals surface area contributed by atoms with Crippen molar-refractivity contribution in [3.05, 3.63) is 0 Å². The molecule has 2 aliphatic rings. The van der Waals surface area contributed by atoms with Crippen molar-refractivity contribution in [1.29, 1.82) is 0 Å². The van der Waals surface area contributed by atoms with E-state index in [1.807, 2.05) is 0 Å². The molecule has 1 aliphatic heterocycles. The monoisotopic (exact) mass is 232 g/mol. The second kappa shape index (κ2) is 4.71. The molecule has 0 aromatic heterocycles. The SMILES string of the molecule is CC(C)CNC(=O)C1CC12CCNC2.Cl. The molecule has 3 nitrogen and oxygen atoms in total. The molecular weight excluding hydrogens is 212 g/mol. The van der Waals surface area contributed by atoms with Gasteiger partial charge in [-0.05, 0) is 30.7 Å². The average Bonchev–Trinajstić information content (AvgIpc) is 2.61. The van der Waals surface area contributed by atoms with Gasteiger partial charge < -0.3 is 10.6 Å². The first-order chi connectivity index (χ1) is 6.64. The Morgan fingerprint density at radius 1 is 1.60 bits per heavy atom. The van der Waals surface area contributed by atoms with Crippen LogP contribution < -0.4 is 10.6 Å². The summed E-state index contributed by atoms with van der Waals surface area (Å²) < 4.78 is 0. The molecule has 1 saturated carbocycles. The van der Waals surface area contributed by atoms with Gasteiger partial charge in [0.25, 0.3) is 0 Å². The fourth-order valence-electron chi connectivity index (χ4n) is 2.38. The van der Waals surface area contributed by atoms with Crippen LogP contribution in [0.15, 0.2) is 0 Å². The van der Waals surface area contributed by atoms with Crippen LogP contribution in [0.4, 0.5) is 0 Å². The number of halogens is 1. The second-order valence-electron chi connectivity index (χ2n) is 5.18. The molecule has 0 radical (unpaired) electrons. The third kappa shape index (κ3) is 2.64. The minimum Gasteiger partial charge on any atom is -0.356 e. The van der Waals surface area contributed by atoms with Gasteiger partial charge in [0.2, 0.25) is 5.91 Å². The smallest absolute Gasteiger partial charge is 0.223 e. The molecule has 15 heavy (non-hydrogen) atoms. The Morgan fingerprint density at radius 3 is 2.87 bits per heavy atom. The molecular formula is C11H21ClN2O. The van der Waals surface area contributed by atoms with Crippen molar-refractivity contribution in [1.82, 2.24) is 10.6 Å². The van der Waals surface area contributed by atoms with Gasteiger partial charge in [-0.1, -0.05) is 13.8 Å². The minimum atomic E-state index is 0. The predicted molar refractivity (Wildman–Crippen MR) is 63.1 cm³/mol. The van der Waals surface area contributed by atoms with Gasteiger partial charge in [0.1, 0.15) is 0 Å². The number of carbonyl (C=O) groups is 1. The van der Waals surface area contributed by atoms with Gasteiger partial charge >= 0.3 is 0 Å². The maximum absolute atomic E-state index is 11.7. The Balaban J connectivity index is 0.00000112. The third-order valence-corrected chi connectivity index (χ3v) is 3.47. The highest BCUT2D eigenvalue weighted by molar-refractivity contribution is 5.85. The molecule has 2 N–H and O–H groups in total. The molecule has 1 aliphatic carbocycles. The summed E-state index contributed by atoms with van der Waals surface area (Å²) in [5.41, 5.74) is 0.348. The fourth-order valence-corrected chi connectivity index (χ4v) is 2.38. The van der Waals surface area contributed by atoms with E-state index >= 15 is 0 Å². The number of hydrogen-bond acceptors (Lipinski definition) is 2. The molecule has 2 fully saturated rings. The van der Waals surface area contributed by atoms with Crippen LogP contribution in [0.25, 0.3) is 0 Å². The molecule has 88 valence electrons. The van der Waals surface area contributed by atoms with Gasteiger partial charge in [-0.3, -0.25) is 4.79 Å². The Bertz CT molecular complexity index is 237. The van der Waals surface area contributed by atoms with Gasteiger partial charge in [-0.15, -0.1) is 12.4 Å². The van der Waals surface area contributed by atoms with Gasteiger partial charge in [0.15, 0.2) is 0 Å². The third-order valence-electron chi connectivity index (χ3n) is 3.47. The number of hydrogen-bond donors (Lipinski definition) is 2. The minimum absolute atomic E-state index is 0. The van der Waals surface area contributed by atoms with E-state index in [1.54, 1.807) is 0 Å². The summed E-state index contributed by atoms with van der Waals surface area (Å²) in [6.07, 6.45) is 2.29. The van der Waals surface area contributed by atoms with E-state index in [2.05, 4.69) is 24.5 Å². The molecule has 0 aromatic rings. The zero-order chi connectivity index (χ0) is 10.2. The maximum Gasteiger partial charge on any atom is 0.223 e. The Labute approximate surface area is 97.8 Å². The number of rotatable bonds is 3. The maximum atomic E-state index is 11.7. The summed E-state index contributed by atoms with van der Waals surface area (Å²) >= 11 is 0. The van der Waals surface area contributed by atoms with Crippen molar-refractivity contribution in [3.8, 4) is 0 Å². The summed E-state index contributed by atoms with van der Waals surface area (Å²) in [5, 5.41) is 6.37. The lowest BCUT2D eigenvalue weighted by molar-refractivity contribution is -0.123. The number of carbonyl (C=O) groups excluding carboxylic acids is 1. The Hall–Kier alpha value is -0.280. The van der Waals surface area contributed by atoms with Crippen molar-refractivity contribution < 1.29 is 4.79 Å². The molecule has 1 saturated heterocycles. The van der Waals surface area contributed by atoms with E-state index in [9.17, 15) is 4.79 Å². The molecule has 2 atom stereocenters. The summed E-state index contributed by atoms with van der Waals surface area (Å²) in [4.78, 5) is 11.7. The zero-order valence-electron chi connectivity index (χ0n) is 9.51. The first kappa shape index (κ1) is 12.8. The van der Waals surface area contributed by atoms with Crippen LogP contribution in [0.2, 0.25) is 0 Å². The lowest BCUT2D eigenvalue weighted by Gasteiger charge is -2.09. The van der Waals surface area contributed by atoms with E-state index in [-0.39, 0.29) is 18.3 Å². The Kier molecular flexibility index (Phi) is 4.01. The van der Waals surface area contributed by atoms with Crippen molar-refractivity contribution in [2.75, 3.05) is 19.6 Å². The largest absolute Gasteiger partial charge is 0.356 e. The molecule has 4 heteroatoms. The van der Waals surface area contributed by atoms with Crippen LogP contribution in [-0.4, -0.2) is 25.5 Å². The van der Waals surface area contributed by atoms with Crippen LogP contribution in [0.3, 0.4) is 0 Å². The van der Waals surface area contributed by atoms with Crippen LogP contribution >= 0.6 is 12.4 Å². The van der Waals surface area contributed by atoms with Crippen molar-refractivity contribution in [2.24, 2.45) is 17.3 Å². The molecule has 1 amide bonds. The number of amides is 1. The zero-order valence-corrected chi connectivity index (χ0v) is 10.3. The molecule has 1 heterocycles. The quantitative estimate of drug-likeness (QED) is 0.768. The summed E-state index contributed by atoms with van der Waals surface area (Å²) in [6.45, 7) is 7.21. The molecule has 0 bridgehead atoms. The lowest BCUT2D eigenvalue weighted by Crippen LogP contribution is -2.31. The lowest BCUT2D eigenvalue weighted by atomic mass is 10.0. The first-order valence-electron chi connectivity index (χ1n) is 5.62. The predicted octanol–water partition coefficient (Wildman–Crippen LogP) is 1.18. The molecule has 2 rings (SSSR count). The summed E-state index contributed by atoms with van der Waals surface area (Å²) in [5.74, 6) is 1.13. The first-order valence-corrected chi connectivity index (χ1v) is 5.62. The van der Waals surface area contributed by atoms with Crippen molar-refractivity contribution >= 4 is 18.3 Å². The molecule has 1 spiro atoms. The van der Waals surface area contributed by atoms with E-state index in [4.69, 9.17) is 0 Å². The van der Waals surface area contributed by atoms with Crippen LogP contribution in [-0.2, 0) is 4.79 Å². The standard InChI is InChI=1S/C11H20N2O.ClH/c1-8(2)6-13-10(14)9-5-11(9)3-4-12-7-11;/h8-9,12H,3-7H2,1-2H3,(H,13,14);1H. The summed E-state index contributed by atoms with van der Waals surface area (Å²) in [7, 11) is 0. The number of nitrogens with one attached hydrogen (secondary N) is 2. The topological polar surface area (TPSA) is 41.1 Å². The molecule has 2 unspecified atom stereocenters. The summed E-state index contributed by atoms with van der Waals surface area (Å²) in [6, 6.07) is 0. The highest BCUT2D eigenvalue weighted by Gasteiger charge is 2.58. The van der Waals surface area contributed by atoms with Crippen LogP contribution in [0.1, 0.15) is 26.7 Å². The van der Waals surface area contributed by atoms with E-state index in [0.29, 0.717) is 17.3 Å². The second-order valence-corrected chi connectivity index (χ2v) is 5.18. The van der Waals surface area contributed by atoms with Gasteiger partial charge in [-0.25, -0.2) is 0 Å². The van der Waals surface area contributed by atoms with Gasteiger partial charge in [0, 0.05) is 19.0 Å². The normalized spacial score (nSPS) is 32.9. The van der Waals surface area contributed by atoms with E-state index < -0.39 is 0 Å². The van der Waals surface area contributed by atoms with Crippen LogP contribution in [0.5, 0.6) is 0 Å². The van der Waals surface area contributed by atoms with Gasteiger partial charge in [-0.2, -0.15) is 0 Å². The average molecular weight is 233 g/mol. The molecule has 0 aromatic carbocycles. The van der Waals surface area contributed by atoms with Crippen LogP contribution in [0, 0.1) is 17.3 Å². The highest BCUT2D eigenvalue weighted by atomic mass is 35.5. The van der Waals surface area contributed by atoms with E-state index in [0.717, 1.165) is 26.1 Å². The van der Waals surface area contributed by atoms with Crippen molar-refractivity contribution in [3.63, 3.8) is 0 Å². The van der Waals surface area contributed by atoms with Gasteiger partial charge in [0.05, 0.1) is 0 Å². The Morgan fingerprint density at radius 2 is 2.33 bits per heavy atom. The highest BCUT2D eigenvalue weighted by Crippen LogP contribution is 2.56.